The maximum absolute atomic E-state index is 11.4. The van der Waals surface area contributed by atoms with E-state index < -0.39 is 17.4 Å². The summed E-state index contributed by atoms with van der Waals surface area (Å²) in [4.78, 5) is 22.0. The van der Waals surface area contributed by atoms with E-state index in [9.17, 15) is 4.79 Å². The van der Waals surface area contributed by atoms with E-state index in [1.165, 1.54) is 7.11 Å². The van der Waals surface area contributed by atoms with E-state index in [4.69, 9.17) is 19.2 Å². The Morgan fingerprint density at radius 2 is 1.74 bits per heavy atom. The van der Waals surface area contributed by atoms with Gasteiger partial charge >= 0.3 is 5.97 Å². The lowest BCUT2D eigenvalue weighted by molar-refractivity contribution is -0.452. The molecule has 0 fully saturated rings. The van der Waals surface area contributed by atoms with Gasteiger partial charge in [-0.2, -0.15) is 0 Å². The number of carbonyl (C=O) groups excluding carboxylic acids is 1. The standard InChI is InChI=1S/C14H26O5/c1-8-17-12(15)11(2)9-10-14(6,16-7)19-18-13(3,4)5/h2,8-10H2,1,3-7H3. The highest BCUT2D eigenvalue weighted by molar-refractivity contribution is 5.87. The summed E-state index contributed by atoms with van der Waals surface area (Å²) in [5, 5.41) is 0. The summed E-state index contributed by atoms with van der Waals surface area (Å²) >= 11 is 0. The van der Waals surface area contributed by atoms with Gasteiger partial charge in [0.2, 0.25) is 0 Å². The van der Waals surface area contributed by atoms with E-state index in [0.717, 1.165) is 0 Å². The minimum absolute atomic E-state index is 0.336. The Balaban J connectivity index is 4.31. The molecule has 0 saturated heterocycles. The van der Waals surface area contributed by atoms with Gasteiger partial charge in [0, 0.05) is 19.1 Å². The van der Waals surface area contributed by atoms with Crippen LogP contribution < -0.4 is 0 Å². The number of rotatable bonds is 8. The van der Waals surface area contributed by atoms with E-state index >= 15 is 0 Å². The van der Waals surface area contributed by atoms with Crippen LogP contribution in [0.4, 0.5) is 0 Å². The van der Waals surface area contributed by atoms with Crippen LogP contribution in [0.3, 0.4) is 0 Å². The third-order valence-electron chi connectivity index (χ3n) is 2.34. The van der Waals surface area contributed by atoms with Crippen molar-refractivity contribution in [3.05, 3.63) is 12.2 Å². The van der Waals surface area contributed by atoms with Crippen molar-refractivity contribution < 1.29 is 24.0 Å². The molecule has 0 N–H and O–H groups in total. The third-order valence-corrected chi connectivity index (χ3v) is 2.34. The molecule has 0 aromatic carbocycles. The highest BCUT2D eigenvalue weighted by atomic mass is 17.2. The second-order valence-corrected chi connectivity index (χ2v) is 5.44. The van der Waals surface area contributed by atoms with Crippen molar-refractivity contribution in [2.75, 3.05) is 13.7 Å². The van der Waals surface area contributed by atoms with Crippen LogP contribution in [0, 0.1) is 0 Å². The third kappa shape index (κ3) is 7.97. The van der Waals surface area contributed by atoms with Crippen molar-refractivity contribution in [2.24, 2.45) is 0 Å². The van der Waals surface area contributed by atoms with Crippen LogP contribution >= 0.6 is 0 Å². The SMILES string of the molecule is C=C(CCC(C)(OC)OOC(C)(C)C)C(=O)OCC. The molecule has 0 bridgehead atoms. The van der Waals surface area contributed by atoms with Gasteiger partial charge in [-0.3, -0.25) is 0 Å². The zero-order chi connectivity index (χ0) is 15.1. The summed E-state index contributed by atoms with van der Waals surface area (Å²) in [6.45, 7) is 13.2. The number of hydrogen-bond donors (Lipinski definition) is 0. The molecule has 1 unspecified atom stereocenters. The fourth-order valence-electron chi connectivity index (χ4n) is 1.10. The molecule has 5 heteroatoms. The Morgan fingerprint density at radius 1 is 1.16 bits per heavy atom. The number of ether oxygens (including phenoxy) is 2. The van der Waals surface area contributed by atoms with Crippen LogP contribution in [0.1, 0.15) is 47.5 Å². The topological polar surface area (TPSA) is 54.0 Å². The second kappa shape index (κ2) is 7.62. The minimum atomic E-state index is -0.928. The van der Waals surface area contributed by atoms with E-state index in [1.807, 2.05) is 20.8 Å². The Kier molecular flexibility index (Phi) is 7.26. The Morgan fingerprint density at radius 3 is 2.16 bits per heavy atom. The maximum Gasteiger partial charge on any atom is 0.333 e. The predicted molar refractivity (Wildman–Crippen MR) is 72.3 cm³/mol. The average Bonchev–Trinajstić information content (AvgIpc) is 2.33. The molecule has 0 aromatic heterocycles. The molecule has 0 heterocycles. The van der Waals surface area contributed by atoms with E-state index in [0.29, 0.717) is 25.0 Å². The van der Waals surface area contributed by atoms with E-state index in [2.05, 4.69) is 6.58 Å². The zero-order valence-electron chi connectivity index (χ0n) is 12.9. The summed E-state index contributed by atoms with van der Waals surface area (Å²) in [5.41, 5.74) is -0.0396. The lowest BCUT2D eigenvalue weighted by Crippen LogP contribution is -2.35. The molecule has 0 amide bonds. The molecule has 19 heavy (non-hydrogen) atoms. The average molecular weight is 274 g/mol. The quantitative estimate of drug-likeness (QED) is 0.224. The van der Waals surface area contributed by atoms with Crippen LogP contribution in [-0.4, -0.2) is 31.1 Å². The summed E-state index contributed by atoms with van der Waals surface area (Å²) in [5.74, 6) is -1.32. The molecule has 0 aliphatic carbocycles. The van der Waals surface area contributed by atoms with Crippen molar-refractivity contribution in [3.8, 4) is 0 Å². The van der Waals surface area contributed by atoms with Gasteiger partial charge in [-0.25, -0.2) is 14.6 Å². The number of hydrogen-bond acceptors (Lipinski definition) is 5. The van der Waals surface area contributed by atoms with Crippen molar-refractivity contribution in [3.63, 3.8) is 0 Å². The van der Waals surface area contributed by atoms with Crippen molar-refractivity contribution in [1.29, 1.82) is 0 Å². The molecule has 0 saturated carbocycles. The van der Waals surface area contributed by atoms with Crippen LogP contribution in [0.25, 0.3) is 0 Å². The molecule has 112 valence electrons. The number of carbonyl (C=O) groups is 1. The van der Waals surface area contributed by atoms with Gasteiger partial charge in [0.1, 0.15) is 0 Å². The fraction of sp³-hybridized carbons (Fsp3) is 0.786. The summed E-state index contributed by atoms with van der Waals surface area (Å²) in [6.07, 6.45) is 0.855. The smallest absolute Gasteiger partial charge is 0.333 e. The minimum Gasteiger partial charge on any atom is -0.463 e. The van der Waals surface area contributed by atoms with Crippen LogP contribution in [0.2, 0.25) is 0 Å². The Labute approximate surface area is 115 Å². The molecule has 0 spiro atoms. The van der Waals surface area contributed by atoms with Gasteiger partial charge in [0.15, 0.2) is 5.79 Å². The molecule has 0 radical (unpaired) electrons. The fourth-order valence-corrected chi connectivity index (χ4v) is 1.10. The van der Waals surface area contributed by atoms with Gasteiger partial charge in [-0.15, -0.1) is 0 Å². The Hall–Kier alpha value is -0.910. The summed E-state index contributed by atoms with van der Waals surface area (Å²) < 4.78 is 10.1. The highest BCUT2D eigenvalue weighted by Crippen LogP contribution is 2.24. The van der Waals surface area contributed by atoms with Crippen molar-refractivity contribution in [2.45, 2.75) is 58.8 Å². The zero-order valence-corrected chi connectivity index (χ0v) is 12.9. The lowest BCUT2D eigenvalue weighted by atomic mass is 10.1. The van der Waals surface area contributed by atoms with Gasteiger partial charge in [0.25, 0.3) is 0 Å². The summed E-state index contributed by atoms with van der Waals surface area (Å²) in [6, 6.07) is 0. The van der Waals surface area contributed by atoms with Crippen molar-refractivity contribution >= 4 is 5.97 Å². The molecule has 0 aromatic rings. The maximum atomic E-state index is 11.4. The second-order valence-electron chi connectivity index (χ2n) is 5.44. The van der Waals surface area contributed by atoms with Gasteiger partial charge in [-0.1, -0.05) is 6.58 Å². The van der Waals surface area contributed by atoms with Gasteiger partial charge in [-0.05, 0) is 41.0 Å². The molecule has 0 rings (SSSR count). The van der Waals surface area contributed by atoms with Crippen LogP contribution in [0.15, 0.2) is 12.2 Å². The summed E-state index contributed by atoms with van der Waals surface area (Å²) in [7, 11) is 1.53. The molecule has 0 aliphatic rings. The predicted octanol–water partition coefficient (Wildman–Crippen LogP) is 3.00. The first-order chi connectivity index (χ1) is 8.63. The normalized spacial score (nSPS) is 14.8. The largest absolute Gasteiger partial charge is 0.463 e. The lowest BCUT2D eigenvalue weighted by Gasteiger charge is -2.30. The van der Waals surface area contributed by atoms with Crippen LogP contribution in [-0.2, 0) is 24.0 Å². The van der Waals surface area contributed by atoms with Gasteiger partial charge < -0.3 is 9.47 Å². The van der Waals surface area contributed by atoms with E-state index in [-0.39, 0.29) is 0 Å². The first-order valence-corrected chi connectivity index (χ1v) is 6.40. The molecular weight excluding hydrogens is 248 g/mol. The monoisotopic (exact) mass is 274 g/mol. The van der Waals surface area contributed by atoms with Gasteiger partial charge in [0.05, 0.1) is 12.2 Å². The Bertz CT molecular complexity index is 305. The number of esters is 1. The first-order valence-electron chi connectivity index (χ1n) is 6.40. The van der Waals surface area contributed by atoms with Crippen LogP contribution in [0.5, 0.6) is 0 Å². The molecule has 1 atom stereocenters. The van der Waals surface area contributed by atoms with Crippen molar-refractivity contribution in [1.82, 2.24) is 0 Å². The molecular formula is C14H26O5. The first kappa shape index (κ1) is 18.1. The number of methoxy groups -OCH3 is 1. The molecule has 5 nitrogen and oxygen atoms in total. The molecule has 0 aliphatic heterocycles. The van der Waals surface area contributed by atoms with E-state index in [1.54, 1.807) is 13.8 Å². The highest BCUT2D eigenvalue weighted by Gasteiger charge is 2.29.